The highest BCUT2D eigenvalue weighted by atomic mass is 31.2. The number of phosphoric acid groups is 1. The first kappa shape index (κ1) is 59.1. The molecule has 348 valence electrons. The third-order valence-electron chi connectivity index (χ3n) is 10.8. The van der Waals surface area contributed by atoms with Crippen LogP contribution in [0.1, 0.15) is 240 Å². The highest BCUT2D eigenvalue weighted by Gasteiger charge is 2.26. The summed E-state index contributed by atoms with van der Waals surface area (Å²) in [6.07, 6.45) is 37.0. The van der Waals surface area contributed by atoms with E-state index in [9.17, 15) is 19.0 Å². The number of carbonyl (C=O) groups is 2. The maximum Gasteiger partial charge on any atom is 0.472 e. The molecule has 10 nitrogen and oxygen atoms in total. The molecule has 0 amide bonds. The first-order valence-corrected chi connectivity index (χ1v) is 26.1. The number of hydrogen-bond donors (Lipinski definition) is 2. The van der Waals surface area contributed by atoms with Gasteiger partial charge >= 0.3 is 19.8 Å². The van der Waals surface area contributed by atoms with Gasteiger partial charge in [0.15, 0.2) is 6.10 Å². The molecule has 1 unspecified atom stereocenters. The van der Waals surface area contributed by atoms with E-state index >= 15 is 0 Å². The second-order valence-corrected chi connectivity index (χ2v) is 17.7. The van der Waals surface area contributed by atoms with Crippen molar-refractivity contribution < 1.29 is 37.6 Å². The van der Waals surface area contributed by atoms with Crippen LogP contribution in [0.3, 0.4) is 0 Å². The van der Waals surface area contributed by atoms with Gasteiger partial charge in [0.25, 0.3) is 0 Å². The monoisotopic (exact) mass is 849 g/mol. The van der Waals surface area contributed by atoms with Gasteiger partial charge in [-0.25, -0.2) is 4.57 Å². The lowest BCUT2D eigenvalue weighted by molar-refractivity contribution is -0.161. The minimum Gasteiger partial charge on any atom is -0.462 e. The summed E-state index contributed by atoms with van der Waals surface area (Å²) in [5.74, 6) is -0.813. The number of rotatable bonds is 44. The van der Waals surface area contributed by atoms with Gasteiger partial charge in [-0.2, -0.15) is 0 Å². The highest BCUT2D eigenvalue weighted by Crippen LogP contribution is 2.43. The van der Waals surface area contributed by atoms with Crippen LogP contribution in [-0.4, -0.2) is 73.8 Å². The summed E-state index contributed by atoms with van der Waals surface area (Å²) in [6, 6.07) is 0. The van der Waals surface area contributed by atoms with Crippen molar-refractivity contribution in [2.24, 2.45) is 5.73 Å². The van der Waals surface area contributed by atoms with Crippen LogP contribution in [0.2, 0.25) is 0 Å². The Hall–Kier alpha value is -1.03. The molecule has 0 heterocycles. The van der Waals surface area contributed by atoms with Crippen molar-refractivity contribution in [2.45, 2.75) is 246 Å². The van der Waals surface area contributed by atoms with E-state index in [0.717, 1.165) is 32.1 Å². The van der Waals surface area contributed by atoms with Gasteiger partial charge < -0.3 is 25.0 Å². The van der Waals surface area contributed by atoms with Crippen LogP contribution >= 0.6 is 7.82 Å². The fourth-order valence-electron chi connectivity index (χ4n) is 6.95. The van der Waals surface area contributed by atoms with Crippen molar-refractivity contribution in [1.82, 2.24) is 4.90 Å². The average molecular weight is 849 g/mol. The molecule has 0 radical (unpaired) electrons. The van der Waals surface area contributed by atoms with Gasteiger partial charge in [0.2, 0.25) is 0 Å². The Morgan fingerprint density at radius 1 is 0.500 bits per heavy atom. The van der Waals surface area contributed by atoms with Crippen LogP contribution in [0.15, 0.2) is 0 Å². The first-order chi connectivity index (χ1) is 28.2. The Bertz CT molecular complexity index is 902. The third kappa shape index (κ3) is 46.0. The summed E-state index contributed by atoms with van der Waals surface area (Å²) in [6.45, 7) is 13.9. The van der Waals surface area contributed by atoms with E-state index in [1.54, 1.807) is 0 Å². The van der Waals surface area contributed by atoms with E-state index in [4.69, 9.17) is 24.3 Å². The quantitative estimate of drug-likeness (QED) is 0.0346. The van der Waals surface area contributed by atoms with Gasteiger partial charge in [0.05, 0.1) is 13.2 Å². The van der Waals surface area contributed by atoms with Gasteiger partial charge in [-0.3, -0.25) is 18.6 Å². The van der Waals surface area contributed by atoms with Crippen molar-refractivity contribution in [1.29, 1.82) is 0 Å². The van der Waals surface area contributed by atoms with E-state index in [2.05, 4.69) is 39.5 Å². The number of ether oxygens (including phenoxy) is 2. The number of unbranched alkanes of at least 4 members (excludes halogenated alkanes) is 28. The highest BCUT2D eigenvalue weighted by molar-refractivity contribution is 7.47. The predicted octanol–water partition coefficient (Wildman–Crippen LogP) is 13.4. The topological polar surface area (TPSA) is 138 Å². The number of hydrogen-bond acceptors (Lipinski definition) is 9. The maximum atomic E-state index is 12.6. The number of esters is 2. The molecule has 0 aromatic rings. The average Bonchev–Trinajstić information content (AvgIpc) is 3.22. The minimum absolute atomic E-state index is 0.0580. The first-order valence-electron chi connectivity index (χ1n) is 24.6. The summed E-state index contributed by atoms with van der Waals surface area (Å²) in [7, 11) is -4.37. The van der Waals surface area contributed by atoms with E-state index < -0.39 is 26.5 Å². The summed E-state index contributed by atoms with van der Waals surface area (Å²) in [5.41, 5.74) is 5.34. The maximum absolute atomic E-state index is 12.6. The van der Waals surface area contributed by atoms with Crippen LogP contribution < -0.4 is 5.73 Å². The Balaban J connectivity index is 0. The van der Waals surface area contributed by atoms with Gasteiger partial charge in [0, 0.05) is 19.4 Å². The van der Waals surface area contributed by atoms with E-state index in [1.807, 2.05) is 0 Å². The minimum atomic E-state index is -4.37. The predicted molar refractivity (Wildman–Crippen MR) is 244 cm³/mol. The number of nitrogens with two attached hydrogens (primary N) is 1. The zero-order valence-electron chi connectivity index (χ0n) is 38.9. The lowest BCUT2D eigenvalue weighted by atomic mass is 10.0. The molecule has 2 atom stereocenters. The molecular formula is C47H97N2O8P. The summed E-state index contributed by atoms with van der Waals surface area (Å²) >= 11 is 0. The zero-order valence-corrected chi connectivity index (χ0v) is 39.8. The normalized spacial score (nSPS) is 12.9. The Labute approximate surface area is 359 Å². The summed E-state index contributed by atoms with van der Waals surface area (Å²) in [4.78, 5) is 37.2. The largest absolute Gasteiger partial charge is 0.472 e. The fraction of sp³-hybridized carbons (Fsp3) is 0.957. The van der Waals surface area contributed by atoms with Crippen molar-refractivity contribution in [3.63, 3.8) is 0 Å². The molecule has 0 saturated carbocycles. The smallest absolute Gasteiger partial charge is 0.462 e. The molecule has 0 aliphatic rings. The van der Waals surface area contributed by atoms with Crippen LogP contribution in [0.25, 0.3) is 0 Å². The molecule has 0 fully saturated rings. The molecule has 0 saturated heterocycles. The van der Waals surface area contributed by atoms with Crippen LogP contribution in [-0.2, 0) is 32.7 Å². The van der Waals surface area contributed by atoms with Crippen molar-refractivity contribution in [2.75, 3.05) is 46.0 Å². The number of phosphoric ester groups is 1. The SMILES string of the molecule is CCCCCCCCCCCCCCCCCC(=O)OC[C@H](COP(=O)(O)OCCN)OC(=O)CCCCCCCCCCCCCCCCC.CCN(CC)CC. The lowest BCUT2D eigenvalue weighted by Gasteiger charge is -2.19. The van der Waals surface area contributed by atoms with E-state index in [0.29, 0.717) is 6.42 Å². The summed E-state index contributed by atoms with van der Waals surface area (Å²) in [5, 5.41) is 0. The van der Waals surface area contributed by atoms with Gasteiger partial charge in [-0.15, -0.1) is 0 Å². The van der Waals surface area contributed by atoms with Crippen LogP contribution in [0, 0.1) is 0 Å². The molecule has 0 spiro atoms. The van der Waals surface area contributed by atoms with E-state index in [1.165, 1.54) is 174 Å². The molecule has 0 aromatic carbocycles. The Kier molecular flexibility index (Phi) is 47.9. The fourth-order valence-corrected chi connectivity index (χ4v) is 7.72. The second kappa shape index (κ2) is 47.0. The molecule has 58 heavy (non-hydrogen) atoms. The van der Waals surface area contributed by atoms with E-state index in [-0.39, 0.29) is 38.6 Å². The van der Waals surface area contributed by atoms with Gasteiger partial charge in [0.1, 0.15) is 6.61 Å². The zero-order chi connectivity index (χ0) is 43.2. The lowest BCUT2D eigenvalue weighted by Crippen LogP contribution is -2.29. The number of nitrogens with zero attached hydrogens (tertiary/aromatic N) is 1. The van der Waals surface area contributed by atoms with Gasteiger partial charge in [-0.1, -0.05) is 214 Å². The summed E-state index contributed by atoms with van der Waals surface area (Å²) < 4.78 is 32.8. The Morgan fingerprint density at radius 3 is 1.14 bits per heavy atom. The van der Waals surface area contributed by atoms with Crippen LogP contribution in [0.5, 0.6) is 0 Å². The third-order valence-corrected chi connectivity index (χ3v) is 11.8. The molecule has 0 rings (SSSR count). The molecular weight excluding hydrogens is 751 g/mol. The number of carbonyl (C=O) groups excluding carboxylic acids is 2. The van der Waals surface area contributed by atoms with Crippen molar-refractivity contribution >= 4 is 19.8 Å². The molecule has 11 heteroatoms. The molecule has 3 N–H and O–H groups in total. The Morgan fingerprint density at radius 2 is 0.828 bits per heavy atom. The van der Waals surface area contributed by atoms with Gasteiger partial charge in [-0.05, 0) is 32.5 Å². The second-order valence-electron chi connectivity index (χ2n) is 16.2. The van der Waals surface area contributed by atoms with Crippen molar-refractivity contribution in [3.8, 4) is 0 Å². The standard InChI is InChI=1S/C41H82NO8P.C6H15N/c1-3-5-7-9-11-13-15-17-19-21-23-25-27-29-31-33-40(43)47-37-39(38-49-51(45,46)48-36-35-42)50-41(44)34-32-30-28-26-24-22-20-18-16-14-12-10-8-6-4-2;1-4-7(5-2)6-3/h39H,3-38,42H2,1-2H3,(H,45,46);4-6H2,1-3H3/t39-;/m1./s1. The molecule has 0 aliphatic carbocycles. The molecule has 0 aliphatic heterocycles. The molecule has 0 aromatic heterocycles. The van der Waals surface area contributed by atoms with Crippen molar-refractivity contribution in [3.05, 3.63) is 0 Å². The molecule has 0 bridgehead atoms. The van der Waals surface area contributed by atoms with Crippen LogP contribution in [0.4, 0.5) is 0 Å².